The van der Waals surface area contributed by atoms with E-state index in [1.807, 2.05) is 6.07 Å². The molecule has 1 amide bonds. The van der Waals surface area contributed by atoms with Gasteiger partial charge in [0.25, 0.3) is 5.91 Å². The zero-order chi connectivity index (χ0) is 15.4. The molecule has 0 radical (unpaired) electrons. The van der Waals surface area contributed by atoms with Crippen LogP contribution in [0.1, 0.15) is 15.9 Å². The van der Waals surface area contributed by atoms with Crippen LogP contribution in [0.15, 0.2) is 56.6 Å². The Morgan fingerprint density at radius 2 is 1.90 bits per heavy atom. The predicted molar refractivity (Wildman–Crippen MR) is 88.7 cm³/mol. The van der Waals surface area contributed by atoms with E-state index in [1.54, 1.807) is 36.4 Å². The van der Waals surface area contributed by atoms with E-state index in [4.69, 9.17) is 10.9 Å². The Kier molecular flexibility index (Phi) is 4.98. The first-order valence-corrected chi connectivity index (χ1v) is 7.44. The predicted octanol–water partition coefficient (Wildman–Crippen LogP) is 3.56. The normalized spacial score (nSPS) is 11.2. The molecule has 5 nitrogen and oxygen atoms in total. The summed E-state index contributed by atoms with van der Waals surface area (Å²) in [7, 11) is 0. The Morgan fingerprint density at radius 1 is 1.14 bits per heavy atom. The highest BCUT2D eigenvalue weighted by atomic mass is 79.9. The molecule has 7 heteroatoms. The Hall–Kier alpha value is -1.86. The average molecular weight is 413 g/mol. The lowest BCUT2D eigenvalue weighted by Gasteiger charge is -2.09. The van der Waals surface area contributed by atoms with Crippen LogP contribution in [-0.4, -0.2) is 17.0 Å². The fourth-order valence-electron chi connectivity index (χ4n) is 1.66. The lowest BCUT2D eigenvalue weighted by Crippen LogP contribution is -2.15. The number of hydrogen-bond donors (Lipinski definition) is 3. The van der Waals surface area contributed by atoms with Gasteiger partial charge in [-0.05, 0) is 52.3 Å². The summed E-state index contributed by atoms with van der Waals surface area (Å²) in [4.78, 5) is 12.2. The number of nitrogens with two attached hydrogens (primary N) is 1. The Morgan fingerprint density at radius 3 is 2.52 bits per heavy atom. The number of halogens is 2. The molecule has 0 bridgehead atoms. The number of anilines is 1. The lowest BCUT2D eigenvalue weighted by molar-refractivity contribution is 0.102. The number of amidine groups is 1. The molecule has 0 fully saturated rings. The van der Waals surface area contributed by atoms with Crippen molar-refractivity contribution in [3.63, 3.8) is 0 Å². The first kappa shape index (κ1) is 15.5. The van der Waals surface area contributed by atoms with Gasteiger partial charge in [0.1, 0.15) is 0 Å². The van der Waals surface area contributed by atoms with Crippen LogP contribution < -0.4 is 11.1 Å². The van der Waals surface area contributed by atoms with E-state index < -0.39 is 0 Å². The van der Waals surface area contributed by atoms with Crippen molar-refractivity contribution in [3.05, 3.63) is 62.5 Å². The second-order valence-corrected chi connectivity index (χ2v) is 5.91. The molecule has 0 saturated carbocycles. The molecule has 0 aliphatic heterocycles. The summed E-state index contributed by atoms with van der Waals surface area (Å²) < 4.78 is 1.46. The van der Waals surface area contributed by atoms with Gasteiger partial charge in [0.2, 0.25) is 0 Å². The first-order chi connectivity index (χ1) is 10.0. The molecule has 0 aliphatic rings. The summed E-state index contributed by atoms with van der Waals surface area (Å²) in [5.41, 5.74) is 7.19. The molecule has 108 valence electrons. The van der Waals surface area contributed by atoms with Crippen LogP contribution in [0.25, 0.3) is 0 Å². The number of oxime groups is 1. The van der Waals surface area contributed by atoms with Crippen molar-refractivity contribution in [1.82, 2.24) is 0 Å². The minimum atomic E-state index is -0.228. The third-order valence-electron chi connectivity index (χ3n) is 2.71. The number of nitrogens with zero attached hydrogens (tertiary/aromatic N) is 1. The molecule has 0 unspecified atom stereocenters. The van der Waals surface area contributed by atoms with E-state index in [-0.39, 0.29) is 11.7 Å². The van der Waals surface area contributed by atoms with Crippen LogP contribution in [0.4, 0.5) is 5.69 Å². The van der Waals surface area contributed by atoms with Gasteiger partial charge < -0.3 is 16.3 Å². The number of hydrogen-bond acceptors (Lipinski definition) is 3. The summed E-state index contributed by atoms with van der Waals surface area (Å²) >= 11 is 6.67. The third kappa shape index (κ3) is 3.83. The van der Waals surface area contributed by atoms with Crippen LogP contribution in [-0.2, 0) is 0 Å². The number of rotatable bonds is 3. The molecule has 2 aromatic rings. The topological polar surface area (TPSA) is 87.7 Å². The van der Waals surface area contributed by atoms with Crippen LogP contribution in [0, 0.1) is 0 Å². The average Bonchev–Trinajstić information content (AvgIpc) is 2.48. The Bertz CT molecular complexity index is 717. The molecule has 0 atom stereocenters. The van der Waals surface area contributed by atoms with Gasteiger partial charge in [0, 0.05) is 20.1 Å². The van der Waals surface area contributed by atoms with Gasteiger partial charge in [-0.15, -0.1) is 0 Å². The van der Waals surface area contributed by atoms with Gasteiger partial charge in [-0.3, -0.25) is 4.79 Å². The molecular formula is C14H11Br2N3O2. The molecule has 2 rings (SSSR count). The van der Waals surface area contributed by atoms with Crippen molar-refractivity contribution in [1.29, 1.82) is 0 Å². The second-order valence-electron chi connectivity index (χ2n) is 4.14. The maximum atomic E-state index is 12.2. The summed E-state index contributed by atoms with van der Waals surface area (Å²) in [5, 5.41) is 14.4. The third-order valence-corrected chi connectivity index (χ3v) is 3.86. The minimum Gasteiger partial charge on any atom is -0.409 e. The fourth-order valence-corrected chi connectivity index (χ4v) is 2.53. The number of benzene rings is 2. The minimum absolute atomic E-state index is 0.000525. The van der Waals surface area contributed by atoms with Gasteiger partial charge in [-0.2, -0.15) is 0 Å². The number of amides is 1. The summed E-state index contributed by atoms with van der Waals surface area (Å²) in [6.07, 6.45) is 0. The van der Waals surface area contributed by atoms with Gasteiger partial charge in [-0.1, -0.05) is 27.2 Å². The van der Waals surface area contributed by atoms with Crippen LogP contribution >= 0.6 is 31.9 Å². The summed E-state index contributed by atoms with van der Waals surface area (Å²) in [6.45, 7) is 0. The molecule has 0 saturated heterocycles. The second kappa shape index (κ2) is 6.73. The van der Waals surface area contributed by atoms with Crippen LogP contribution in [0.2, 0.25) is 0 Å². The molecule has 21 heavy (non-hydrogen) atoms. The molecule has 4 N–H and O–H groups in total. The monoisotopic (exact) mass is 411 g/mol. The van der Waals surface area contributed by atoms with Crippen molar-refractivity contribution in [2.24, 2.45) is 10.9 Å². The van der Waals surface area contributed by atoms with Crippen molar-refractivity contribution in [3.8, 4) is 0 Å². The fraction of sp³-hybridized carbons (Fsp3) is 0. The van der Waals surface area contributed by atoms with Gasteiger partial charge in [0.15, 0.2) is 5.84 Å². The van der Waals surface area contributed by atoms with E-state index in [9.17, 15) is 4.79 Å². The van der Waals surface area contributed by atoms with Gasteiger partial charge >= 0.3 is 0 Å². The largest absolute Gasteiger partial charge is 0.409 e. The number of carbonyl (C=O) groups is 1. The first-order valence-electron chi connectivity index (χ1n) is 5.85. The maximum absolute atomic E-state index is 12.2. The smallest absolute Gasteiger partial charge is 0.255 e. The van der Waals surface area contributed by atoms with Crippen molar-refractivity contribution >= 4 is 49.3 Å². The summed E-state index contributed by atoms with van der Waals surface area (Å²) in [6, 6.07) is 12.1. The molecule has 0 aliphatic carbocycles. The zero-order valence-electron chi connectivity index (χ0n) is 10.7. The van der Waals surface area contributed by atoms with E-state index >= 15 is 0 Å². The van der Waals surface area contributed by atoms with Crippen molar-refractivity contribution < 1.29 is 10.0 Å². The van der Waals surface area contributed by atoms with E-state index in [0.717, 1.165) is 4.47 Å². The highest BCUT2D eigenvalue weighted by molar-refractivity contribution is 9.10. The summed E-state index contributed by atoms with van der Waals surface area (Å²) in [5.74, 6) is -0.228. The van der Waals surface area contributed by atoms with Crippen molar-refractivity contribution in [2.75, 3.05) is 5.32 Å². The van der Waals surface area contributed by atoms with Crippen molar-refractivity contribution in [2.45, 2.75) is 0 Å². The van der Waals surface area contributed by atoms with E-state index in [1.165, 1.54) is 0 Å². The molecule has 0 heterocycles. The highest BCUT2D eigenvalue weighted by Gasteiger charge is 2.10. The standard InChI is InChI=1S/C14H11Br2N3O2/c15-10-3-1-2-9(6-10)14(20)18-12-5-4-8(7-11(12)16)13(17)19-21/h1-7,21H,(H2,17,19)(H,18,20). The maximum Gasteiger partial charge on any atom is 0.255 e. The molecule has 0 spiro atoms. The SMILES string of the molecule is N/C(=N/O)c1ccc(NC(=O)c2cccc(Br)c2)c(Br)c1. The molecular weight excluding hydrogens is 402 g/mol. The molecule has 2 aromatic carbocycles. The number of nitrogens with one attached hydrogen (secondary N) is 1. The number of carbonyl (C=O) groups excluding carboxylic acids is 1. The van der Waals surface area contributed by atoms with E-state index in [0.29, 0.717) is 21.3 Å². The lowest BCUT2D eigenvalue weighted by atomic mass is 10.1. The quantitative estimate of drug-likeness (QED) is 0.311. The molecule has 0 aromatic heterocycles. The highest BCUT2D eigenvalue weighted by Crippen LogP contribution is 2.24. The van der Waals surface area contributed by atoms with Crippen LogP contribution in [0.5, 0.6) is 0 Å². The van der Waals surface area contributed by atoms with Gasteiger partial charge in [-0.25, -0.2) is 0 Å². The Labute approximate surface area is 138 Å². The van der Waals surface area contributed by atoms with E-state index in [2.05, 4.69) is 42.3 Å². The Balaban J connectivity index is 2.22. The van der Waals surface area contributed by atoms with Gasteiger partial charge in [0.05, 0.1) is 5.69 Å². The zero-order valence-corrected chi connectivity index (χ0v) is 13.8. The van der Waals surface area contributed by atoms with Crippen LogP contribution in [0.3, 0.4) is 0 Å².